The van der Waals surface area contributed by atoms with E-state index in [-0.39, 0.29) is 33.7 Å². The van der Waals surface area contributed by atoms with E-state index in [1.54, 1.807) is 11.1 Å². The standard InChI is InChI=1S/C30H48O3/c1-26(2)23-11-10-21-20(28(23,5)15-14-24(26)31)13-17-29(6)19(12-16-30(21,29)7)18-8-9-22(25(18)32)27(3,4)33/h10,13,18-19,22-25,31-33H,8-9,11-12,14-17H2,1-7H3/t18-,19-,22+,23+,24+,25-,28-,29-,30+/m1/s1. The van der Waals surface area contributed by atoms with E-state index < -0.39 is 11.7 Å². The van der Waals surface area contributed by atoms with Crippen molar-refractivity contribution in [3.8, 4) is 0 Å². The molecular weight excluding hydrogens is 408 g/mol. The van der Waals surface area contributed by atoms with Crippen LogP contribution in [-0.2, 0) is 0 Å². The first-order chi connectivity index (χ1) is 15.2. The third-order valence-corrected chi connectivity index (χ3v) is 12.4. The van der Waals surface area contributed by atoms with Crippen molar-refractivity contribution >= 4 is 0 Å². The maximum Gasteiger partial charge on any atom is 0.0644 e. The summed E-state index contributed by atoms with van der Waals surface area (Å²) >= 11 is 0. The Hall–Kier alpha value is -0.640. The molecule has 0 radical (unpaired) electrons. The van der Waals surface area contributed by atoms with E-state index in [0.717, 1.165) is 38.5 Å². The number of rotatable bonds is 2. The lowest BCUT2D eigenvalue weighted by atomic mass is 9.44. The quantitative estimate of drug-likeness (QED) is 0.475. The van der Waals surface area contributed by atoms with Crippen LogP contribution in [0.4, 0.5) is 0 Å². The van der Waals surface area contributed by atoms with Crippen molar-refractivity contribution in [3.63, 3.8) is 0 Å². The molecule has 9 atom stereocenters. The Morgan fingerprint density at radius 2 is 1.58 bits per heavy atom. The van der Waals surface area contributed by atoms with Gasteiger partial charge < -0.3 is 15.3 Å². The molecule has 3 heteroatoms. The van der Waals surface area contributed by atoms with Crippen LogP contribution in [-0.4, -0.2) is 33.1 Å². The SMILES string of the molecule is CC(C)(O)[C@H]1CC[C@H]([C@H]2CC[C@@]3(C)C4=CC[C@H]5C(C)(C)[C@@H](O)CC[C@]5(C)C4=CC[C@]23C)[C@H]1O. The van der Waals surface area contributed by atoms with Gasteiger partial charge in [0, 0.05) is 5.92 Å². The van der Waals surface area contributed by atoms with E-state index in [9.17, 15) is 15.3 Å². The summed E-state index contributed by atoms with van der Waals surface area (Å²) in [5.74, 6) is 1.26. The van der Waals surface area contributed by atoms with Gasteiger partial charge >= 0.3 is 0 Å². The molecule has 0 aromatic carbocycles. The summed E-state index contributed by atoms with van der Waals surface area (Å²) in [7, 11) is 0. The number of allylic oxidation sites excluding steroid dienone is 4. The van der Waals surface area contributed by atoms with Crippen molar-refractivity contribution in [2.24, 2.45) is 45.3 Å². The molecule has 0 heterocycles. The molecule has 33 heavy (non-hydrogen) atoms. The predicted molar refractivity (Wildman–Crippen MR) is 133 cm³/mol. The van der Waals surface area contributed by atoms with E-state index in [2.05, 4.69) is 46.8 Å². The Labute approximate surface area is 201 Å². The van der Waals surface area contributed by atoms with Crippen molar-refractivity contribution in [1.82, 2.24) is 0 Å². The highest BCUT2D eigenvalue weighted by molar-refractivity contribution is 5.50. The molecule has 186 valence electrons. The van der Waals surface area contributed by atoms with Crippen LogP contribution in [0.25, 0.3) is 0 Å². The Bertz CT molecular complexity index is 877. The first-order valence-electron chi connectivity index (χ1n) is 13.7. The third kappa shape index (κ3) is 3.04. The van der Waals surface area contributed by atoms with Gasteiger partial charge in [0.1, 0.15) is 0 Å². The van der Waals surface area contributed by atoms with Crippen molar-refractivity contribution in [3.05, 3.63) is 23.3 Å². The first kappa shape index (κ1) is 24.1. The summed E-state index contributed by atoms with van der Waals surface area (Å²) in [6, 6.07) is 0. The highest BCUT2D eigenvalue weighted by Gasteiger charge is 2.64. The molecule has 0 aliphatic heterocycles. The third-order valence-electron chi connectivity index (χ3n) is 12.4. The smallest absolute Gasteiger partial charge is 0.0644 e. The van der Waals surface area contributed by atoms with Crippen LogP contribution in [0, 0.1) is 45.3 Å². The summed E-state index contributed by atoms with van der Waals surface area (Å²) in [5, 5.41) is 32.8. The van der Waals surface area contributed by atoms with Crippen molar-refractivity contribution in [1.29, 1.82) is 0 Å². The number of hydrogen-bond donors (Lipinski definition) is 3. The molecule has 3 N–H and O–H groups in total. The molecule has 3 saturated carbocycles. The molecule has 3 nitrogen and oxygen atoms in total. The summed E-state index contributed by atoms with van der Waals surface area (Å²) in [4.78, 5) is 0. The molecule has 5 aliphatic carbocycles. The first-order valence-corrected chi connectivity index (χ1v) is 13.7. The second-order valence-electron chi connectivity index (χ2n) is 14.4. The average molecular weight is 457 g/mol. The molecule has 0 amide bonds. The van der Waals surface area contributed by atoms with Gasteiger partial charge in [-0.2, -0.15) is 0 Å². The fraction of sp³-hybridized carbons (Fsp3) is 0.867. The van der Waals surface area contributed by atoms with E-state index in [1.807, 2.05) is 13.8 Å². The van der Waals surface area contributed by atoms with Gasteiger partial charge in [0.2, 0.25) is 0 Å². The van der Waals surface area contributed by atoms with Crippen molar-refractivity contribution in [2.75, 3.05) is 0 Å². The van der Waals surface area contributed by atoms with Crippen LogP contribution in [0.5, 0.6) is 0 Å². The summed E-state index contributed by atoms with van der Waals surface area (Å²) in [6.45, 7) is 15.8. The fourth-order valence-corrected chi connectivity index (χ4v) is 9.94. The van der Waals surface area contributed by atoms with Gasteiger partial charge in [-0.1, -0.05) is 46.8 Å². The van der Waals surface area contributed by atoms with Gasteiger partial charge in [-0.25, -0.2) is 0 Å². The van der Waals surface area contributed by atoms with Gasteiger partial charge in [-0.3, -0.25) is 0 Å². The van der Waals surface area contributed by atoms with Gasteiger partial charge in [-0.15, -0.1) is 0 Å². The molecule has 0 unspecified atom stereocenters. The highest BCUT2D eigenvalue weighted by Crippen LogP contribution is 2.72. The van der Waals surface area contributed by atoms with Crippen LogP contribution >= 0.6 is 0 Å². The zero-order chi connectivity index (χ0) is 24.2. The summed E-state index contributed by atoms with van der Waals surface area (Å²) in [6.07, 6.45) is 13.0. The molecule has 0 aromatic rings. The van der Waals surface area contributed by atoms with E-state index in [1.165, 1.54) is 12.8 Å². The Kier molecular flexibility index (Phi) is 5.25. The van der Waals surface area contributed by atoms with Crippen molar-refractivity contribution in [2.45, 2.75) is 118 Å². The lowest BCUT2D eigenvalue weighted by Crippen LogP contribution is -2.54. The maximum absolute atomic E-state index is 11.3. The summed E-state index contributed by atoms with van der Waals surface area (Å²) in [5.41, 5.74) is 2.74. The second-order valence-corrected chi connectivity index (χ2v) is 14.4. The Morgan fingerprint density at radius 1 is 0.879 bits per heavy atom. The van der Waals surface area contributed by atoms with E-state index in [0.29, 0.717) is 17.8 Å². The van der Waals surface area contributed by atoms with Crippen LogP contribution in [0.2, 0.25) is 0 Å². The topological polar surface area (TPSA) is 60.7 Å². The molecular formula is C30H48O3. The zero-order valence-electron chi connectivity index (χ0n) is 22.1. The molecule has 0 saturated heterocycles. The minimum Gasteiger partial charge on any atom is -0.393 e. The maximum atomic E-state index is 11.3. The molecule has 3 fully saturated rings. The lowest BCUT2D eigenvalue weighted by Gasteiger charge is -2.61. The van der Waals surface area contributed by atoms with Gasteiger partial charge in [0.25, 0.3) is 0 Å². The number of aliphatic hydroxyl groups is 3. The molecule has 5 aliphatic rings. The number of hydrogen-bond acceptors (Lipinski definition) is 3. The van der Waals surface area contributed by atoms with Crippen LogP contribution < -0.4 is 0 Å². The fourth-order valence-electron chi connectivity index (χ4n) is 9.94. The normalized spacial score (nSPS) is 51.3. The molecule has 5 rings (SSSR count). The largest absolute Gasteiger partial charge is 0.393 e. The Morgan fingerprint density at radius 3 is 2.21 bits per heavy atom. The second kappa shape index (κ2) is 7.20. The Balaban J connectivity index is 1.50. The van der Waals surface area contributed by atoms with Crippen LogP contribution in [0.1, 0.15) is 99.8 Å². The van der Waals surface area contributed by atoms with Gasteiger partial charge in [0.15, 0.2) is 0 Å². The predicted octanol–water partition coefficient (Wildman–Crippen LogP) is 6.03. The molecule has 0 bridgehead atoms. The van der Waals surface area contributed by atoms with Gasteiger partial charge in [0.05, 0.1) is 17.8 Å². The average Bonchev–Trinajstić information content (AvgIpc) is 3.22. The van der Waals surface area contributed by atoms with E-state index in [4.69, 9.17) is 0 Å². The van der Waals surface area contributed by atoms with Crippen LogP contribution in [0.3, 0.4) is 0 Å². The minimum atomic E-state index is -0.815. The number of aliphatic hydroxyl groups excluding tert-OH is 2. The zero-order valence-corrected chi connectivity index (χ0v) is 22.1. The minimum absolute atomic E-state index is 0.0166. The van der Waals surface area contributed by atoms with Crippen molar-refractivity contribution < 1.29 is 15.3 Å². The van der Waals surface area contributed by atoms with E-state index >= 15 is 0 Å². The molecule has 0 aromatic heterocycles. The monoisotopic (exact) mass is 456 g/mol. The number of fused-ring (bicyclic) bond motifs is 5. The molecule has 0 spiro atoms. The lowest BCUT2D eigenvalue weighted by molar-refractivity contribution is -0.0863. The highest BCUT2D eigenvalue weighted by atomic mass is 16.3. The van der Waals surface area contributed by atoms with Crippen LogP contribution in [0.15, 0.2) is 23.3 Å². The van der Waals surface area contributed by atoms with Gasteiger partial charge in [-0.05, 0) is 116 Å². The summed E-state index contributed by atoms with van der Waals surface area (Å²) < 4.78 is 0.